The first-order chi connectivity index (χ1) is 63.8. The molecular weight excluding hydrogens is 1590 g/mol. The Labute approximate surface area is 747 Å². The van der Waals surface area contributed by atoms with E-state index in [1.807, 2.05) is 91.0 Å². The number of phenols is 4. The molecule has 4 N–H and O–H groups in total. The second-order valence-electron chi connectivity index (χ2n) is 33.0. The third-order valence-electron chi connectivity index (χ3n) is 25.8. The van der Waals surface area contributed by atoms with Crippen molar-refractivity contribution in [2.75, 3.05) is 0 Å². The fourth-order valence-corrected chi connectivity index (χ4v) is 19.6. The molecule has 0 aliphatic carbocycles. The Morgan fingerprint density at radius 3 is 0.708 bits per heavy atom. The zero-order valence-electron chi connectivity index (χ0n) is 70.0. The van der Waals surface area contributed by atoms with Gasteiger partial charge in [-0.25, -0.2) is 0 Å². The molecule has 0 radical (unpaired) electrons. The molecule has 0 heterocycles. The van der Waals surface area contributed by atoms with Gasteiger partial charge in [0.1, 0.15) is 23.0 Å². The molecule has 8 heteroatoms. The fraction of sp³-hybridized carbons (Fsp3) is 0. The van der Waals surface area contributed by atoms with Gasteiger partial charge in [-0.2, -0.15) is 0 Å². The van der Waals surface area contributed by atoms with E-state index < -0.39 is 0 Å². The topological polar surface area (TPSA) is 149 Å². The minimum absolute atomic E-state index is 0.000527. The van der Waals surface area contributed by atoms with Gasteiger partial charge in [0.2, 0.25) is 0 Å². The molecule has 0 aliphatic heterocycles. The second kappa shape index (κ2) is 32.6. The van der Waals surface area contributed by atoms with Gasteiger partial charge in [-0.1, -0.05) is 364 Å². The molecule has 0 amide bonds. The zero-order chi connectivity index (χ0) is 87.8. The Morgan fingerprint density at radius 2 is 0.346 bits per heavy atom. The molecular formula is C122H76O8. The Morgan fingerprint density at radius 1 is 0.131 bits per heavy atom. The summed E-state index contributed by atoms with van der Waals surface area (Å²) < 4.78 is 0. The quantitative estimate of drug-likeness (QED) is 0.0659. The van der Waals surface area contributed by atoms with Gasteiger partial charge in [0, 0.05) is 22.3 Å². The number of hydrogen-bond acceptors (Lipinski definition) is 8. The monoisotopic (exact) mass is 1670 g/mol. The first kappa shape index (κ1) is 78.5. The first-order valence-corrected chi connectivity index (χ1v) is 43.3. The minimum Gasteiger partial charge on any atom is -0.507 e. The Balaban J connectivity index is 0.000000103. The van der Waals surface area contributed by atoms with E-state index >= 15 is 0 Å². The molecule has 130 heavy (non-hydrogen) atoms. The van der Waals surface area contributed by atoms with Crippen molar-refractivity contribution in [3.05, 3.63) is 481 Å². The van der Waals surface area contributed by atoms with Crippen LogP contribution < -0.4 is 0 Å². The first-order valence-electron chi connectivity index (χ1n) is 43.3. The van der Waals surface area contributed by atoms with Crippen LogP contribution >= 0.6 is 0 Å². The van der Waals surface area contributed by atoms with Crippen LogP contribution in [-0.4, -0.2) is 43.6 Å². The van der Waals surface area contributed by atoms with Crippen LogP contribution in [0.4, 0.5) is 0 Å². The highest BCUT2D eigenvalue weighted by Crippen LogP contribution is 2.48. The van der Waals surface area contributed by atoms with Crippen LogP contribution in [0.2, 0.25) is 0 Å². The van der Waals surface area contributed by atoms with E-state index in [0.717, 1.165) is 108 Å². The molecule has 0 aliphatic rings. The summed E-state index contributed by atoms with van der Waals surface area (Å²) in [4.78, 5) is 53.4. The standard InChI is InChI=1S/2C35H22O2.C29H18O2.C23H14O2/c36-32-13-7-6-12-31(32)35(37)30-21-17-24-15-19-28-27(18-14-23-16-20-29(30)34(24)33(23)28)26-11-5-4-10-25(26)22-8-2-1-3-9-22;36-32-9-5-4-8-31(32)35(37)30-21-17-26-15-19-28-27(18-14-25-16-20-29(30)34(26)33(25)28)24-12-10-23(11-13-24)22-6-2-1-3-7-22;30-26-9-5-4-8-25(26)29(31)24-15-13-20-11-10-19-12-14-21(18-6-2-1-3-7-18)22-16-17-23(24)28(20)27(19)22;24-20-7-2-1-6-19(20)23(25)18-13-11-16-9-8-14-4-3-5-15-10-12-17(18)22(16)21(14)15/h2*1-21,36H;1-17,30H;1-13,24H. The summed E-state index contributed by atoms with van der Waals surface area (Å²) in [5.41, 5.74) is 15.5. The molecule has 0 atom stereocenters. The number of para-hydroxylation sites is 4. The van der Waals surface area contributed by atoms with Gasteiger partial charge in [-0.15, -0.1) is 0 Å². The van der Waals surface area contributed by atoms with Crippen molar-refractivity contribution in [2.45, 2.75) is 0 Å². The van der Waals surface area contributed by atoms with Crippen molar-refractivity contribution in [3.63, 3.8) is 0 Å². The van der Waals surface area contributed by atoms with Gasteiger partial charge in [0.25, 0.3) is 0 Å². The van der Waals surface area contributed by atoms with Crippen LogP contribution in [0.3, 0.4) is 0 Å². The van der Waals surface area contributed by atoms with Gasteiger partial charge < -0.3 is 20.4 Å². The maximum Gasteiger partial charge on any atom is 0.197 e. The van der Waals surface area contributed by atoms with Crippen molar-refractivity contribution < 1.29 is 39.6 Å². The van der Waals surface area contributed by atoms with Crippen LogP contribution in [-0.2, 0) is 0 Å². The number of benzene rings is 25. The number of carbonyl (C=O) groups excluding carboxylic acids is 4. The molecule has 612 valence electrons. The summed E-state index contributed by atoms with van der Waals surface area (Å²) in [6, 6.07) is 144. The van der Waals surface area contributed by atoms with Crippen LogP contribution in [0.25, 0.3) is 185 Å². The summed E-state index contributed by atoms with van der Waals surface area (Å²) in [5, 5.41) is 67.3. The molecule has 25 aromatic carbocycles. The summed E-state index contributed by atoms with van der Waals surface area (Å²) >= 11 is 0. The largest absolute Gasteiger partial charge is 0.507 e. The number of aromatic hydroxyl groups is 4. The molecule has 0 saturated carbocycles. The Bertz CT molecular complexity index is 8770. The number of hydrogen-bond donors (Lipinski definition) is 4. The van der Waals surface area contributed by atoms with E-state index in [-0.39, 0.29) is 46.1 Å². The lowest BCUT2D eigenvalue weighted by atomic mass is 9.85. The third-order valence-corrected chi connectivity index (χ3v) is 25.8. The highest BCUT2D eigenvalue weighted by Gasteiger charge is 2.26. The van der Waals surface area contributed by atoms with Crippen LogP contribution in [0, 0.1) is 0 Å². The van der Waals surface area contributed by atoms with E-state index in [2.05, 4.69) is 249 Å². The van der Waals surface area contributed by atoms with Gasteiger partial charge >= 0.3 is 0 Å². The van der Waals surface area contributed by atoms with E-state index in [4.69, 9.17) is 0 Å². The van der Waals surface area contributed by atoms with Crippen molar-refractivity contribution in [1.29, 1.82) is 0 Å². The molecule has 25 rings (SSSR count). The molecule has 0 aromatic heterocycles. The van der Waals surface area contributed by atoms with Crippen molar-refractivity contribution in [2.24, 2.45) is 0 Å². The lowest BCUT2D eigenvalue weighted by Gasteiger charge is -2.17. The smallest absolute Gasteiger partial charge is 0.197 e. The number of rotatable bonds is 13. The van der Waals surface area contributed by atoms with Crippen LogP contribution in [0.15, 0.2) is 437 Å². The molecule has 0 unspecified atom stereocenters. The average Bonchev–Trinajstić information content (AvgIpc) is 0.738. The predicted molar refractivity (Wildman–Crippen MR) is 534 cm³/mol. The van der Waals surface area contributed by atoms with Gasteiger partial charge in [-0.05, 0) is 258 Å². The summed E-state index contributed by atoms with van der Waals surface area (Å²) in [6.45, 7) is 0. The highest BCUT2D eigenvalue weighted by molar-refractivity contribution is 6.34. The second-order valence-corrected chi connectivity index (χ2v) is 33.0. The van der Waals surface area contributed by atoms with Gasteiger partial charge in [0.05, 0.1) is 22.3 Å². The number of carbonyl (C=O) groups is 4. The van der Waals surface area contributed by atoms with E-state index in [9.17, 15) is 39.6 Å². The number of phenolic OH excluding ortho intramolecular Hbond substituents is 4. The van der Waals surface area contributed by atoms with Crippen molar-refractivity contribution in [1.82, 2.24) is 0 Å². The van der Waals surface area contributed by atoms with Crippen molar-refractivity contribution >= 4 is 152 Å². The van der Waals surface area contributed by atoms with Crippen LogP contribution in [0.5, 0.6) is 23.0 Å². The maximum atomic E-state index is 13.5. The molecule has 0 saturated heterocycles. The third kappa shape index (κ3) is 13.6. The SMILES string of the molecule is O=C(c1ccccc1O)c1ccc2ccc3c(-c4ccc(-c5ccccc5)cc4)ccc4ccc1c2c43.O=C(c1ccccc1O)c1ccc2ccc3c(-c4ccccc4-c4ccccc4)ccc4ccc1c2c43.O=C(c1ccccc1O)c1ccc2ccc3ccc(-c4ccccc4)c4ccc1c2c34.O=C(c1ccccc1O)c1ccc2ccc3cccc4ccc1c2c34. The lowest BCUT2D eigenvalue weighted by Crippen LogP contribution is -2.03. The maximum absolute atomic E-state index is 13.5. The average molecular weight is 1670 g/mol. The summed E-state index contributed by atoms with van der Waals surface area (Å²) in [7, 11) is 0. The molecule has 0 bridgehead atoms. The summed E-state index contributed by atoms with van der Waals surface area (Å²) in [5.74, 6) is -0.658. The normalized spacial score (nSPS) is 11.5. The molecule has 25 aromatic rings. The van der Waals surface area contributed by atoms with E-state index in [0.29, 0.717) is 44.5 Å². The van der Waals surface area contributed by atoms with E-state index in [1.165, 1.54) is 77.0 Å². The number of ketones is 4. The van der Waals surface area contributed by atoms with Gasteiger partial charge in [-0.3, -0.25) is 19.2 Å². The predicted octanol–water partition coefficient (Wildman–Crippen LogP) is 30.4. The Kier molecular flexibility index (Phi) is 19.7. The molecule has 0 fully saturated rings. The molecule has 8 nitrogen and oxygen atoms in total. The Hall–Kier alpha value is -17.5. The van der Waals surface area contributed by atoms with Crippen molar-refractivity contribution in [3.8, 4) is 78.6 Å². The van der Waals surface area contributed by atoms with Gasteiger partial charge in [0.15, 0.2) is 23.1 Å². The highest BCUT2D eigenvalue weighted by atomic mass is 16.3. The summed E-state index contributed by atoms with van der Waals surface area (Å²) in [6.07, 6.45) is 0. The van der Waals surface area contributed by atoms with E-state index in [1.54, 1.807) is 97.1 Å². The fourth-order valence-electron chi connectivity index (χ4n) is 19.6. The zero-order valence-corrected chi connectivity index (χ0v) is 70.0. The van der Waals surface area contributed by atoms with Crippen LogP contribution in [0.1, 0.15) is 63.7 Å². The minimum atomic E-state index is -0.175. The molecule has 0 spiro atoms. The lowest BCUT2D eigenvalue weighted by molar-refractivity contribution is 0.102.